The Bertz CT molecular complexity index is 254. The molecule has 5 heteroatoms. The summed E-state index contributed by atoms with van der Waals surface area (Å²) in [5.41, 5.74) is 0. The molecule has 0 bridgehead atoms. The molecule has 0 aliphatic carbocycles. The van der Waals surface area contributed by atoms with Gasteiger partial charge >= 0.3 is 0 Å². The maximum Gasteiger partial charge on any atom is 0.290 e. The Balaban J connectivity index is 2.50. The van der Waals surface area contributed by atoms with E-state index in [1.807, 2.05) is 6.92 Å². The number of aliphatic hydroxyl groups excluding tert-OH is 1. The van der Waals surface area contributed by atoms with Crippen LogP contribution in [0.15, 0.2) is 16.8 Å². The Morgan fingerprint density at radius 2 is 2.62 bits per heavy atom. The van der Waals surface area contributed by atoms with Crippen LogP contribution in [-0.2, 0) is 0 Å². The summed E-state index contributed by atoms with van der Waals surface area (Å²) in [5.74, 6) is -0.190. The largest absolute Gasteiger partial charge is 0.394 e. The van der Waals surface area contributed by atoms with Crippen molar-refractivity contribution >= 4 is 5.91 Å². The van der Waals surface area contributed by atoms with E-state index in [4.69, 9.17) is 5.11 Å². The zero-order chi connectivity index (χ0) is 9.68. The van der Waals surface area contributed by atoms with Crippen molar-refractivity contribution in [2.45, 2.75) is 19.4 Å². The summed E-state index contributed by atoms with van der Waals surface area (Å²) < 4.78 is 4.64. The van der Waals surface area contributed by atoms with Crippen LogP contribution in [-0.4, -0.2) is 28.8 Å². The van der Waals surface area contributed by atoms with Crippen LogP contribution >= 0.6 is 0 Å². The SMILES string of the molecule is CCC(CO)NC(=O)c1ccno1. The molecule has 2 N–H and O–H groups in total. The predicted molar refractivity (Wildman–Crippen MR) is 45.1 cm³/mol. The Labute approximate surface area is 75.7 Å². The molecule has 1 rings (SSSR count). The van der Waals surface area contributed by atoms with Crippen molar-refractivity contribution in [2.75, 3.05) is 6.61 Å². The first kappa shape index (κ1) is 9.73. The molecule has 1 atom stereocenters. The average molecular weight is 184 g/mol. The first-order valence-electron chi connectivity index (χ1n) is 4.10. The third kappa shape index (κ3) is 2.55. The van der Waals surface area contributed by atoms with Crippen LogP contribution in [0.2, 0.25) is 0 Å². The summed E-state index contributed by atoms with van der Waals surface area (Å²) in [6, 6.07) is 1.25. The molecule has 72 valence electrons. The zero-order valence-electron chi connectivity index (χ0n) is 7.36. The van der Waals surface area contributed by atoms with Gasteiger partial charge in [-0.3, -0.25) is 4.79 Å². The molecule has 13 heavy (non-hydrogen) atoms. The molecule has 0 radical (unpaired) electrons. The van der Waals surface area contributed by atoms with Gasteiger partial charge in [-0.2, -0.15) is 0 Å². The van der Waals surface area contributed by atoms with E-state index < -0.39 is 0 Å². The standard InChI is InChI=1S/C8H12N2O3/c1-2-6(5-11)10-8(12)7-3-4-9-13-7/h3-4,6,11H,2,5H2,1H3,(H,10,12). The van der Waals surface area contributed by atoms with E-state index in [1.54, 1.807) is 0 Å². The minimum atomic E-state index is -0.349. The third-order valence-electron chi connectivity index (χ3n) is 1.71. The highest BCUT2D eigenvalue weighted by molar-refractivity contribution is 5.91. The topological polar surface area (TPSA) is 75.4 Å². The Hall–Kier alpha value is -1.36. The van der Waals surface area contributed by atoms with Gasteiger partial charge in [0.05, 0.1) is 18.8 Å². The monoisotopic (exact) mass is 184 g/mol. The van der Waals surface area contributed by atoms with E-state index in [0.717, 1.165) is 0 Å². The second-order valence-corrected chi connectivity index (χ2v) is 2.64. The van der Waals surface area contributed by atoms with Gasteiger partial charge < -0.3 is 14.9 Å². The smallest absolute Gasteiger partial charge is 0.290 e. The number of amides is 1. The number of aromatic nitrogens is 1. The molecule has 1 aromatic rings. The molecule has 0 saturated heterocycles. The lowest BCUT2D eigenvalue weighted by atomic mass is 10.2. The first-order chi connectivity index (χ1) is 6.27. The fourth-order valence-corrected chi connectivity index (χ4v) is 0.866. The van der Waals surface area contributed by atoms with Crippen molar-refractivity contribution in [2.24, 2.45) is 0 Å². The lowest BCUT2D eigenvalue weighted by Gasteiger charge is -2.11. The molecule has 1 amide bonds. The van der Waals surface area contributed by atoms with E-state index in [0.29, 0.717) is 6.42 Å². The molecule has 0 spiro atoms. The van der Waals surface area contributed by atoms with E-state index in [9.17, 15) is 4.79 Å². The number of nitrogens with zero attached hydrogens (tertiary/aromatic N) is 1. The Kier molecular flexibility index (Phi) is 3.45. The van der Waals surface area contributed by atoms with Crippen LogP contribution in [0.3, 0.4) is 0 Å². The molecule has 0 aliphatic heterocycles. The zero-order valence-corrected chi connectivity index (χ0v) is 7.36. The van der Waals surface area contributed by atoms with Gasteiger partial charge in [0.25, 0.3) is 5.91 Å². The lowest BCUT2D eigenvalue weighted by molar-refractivity contribution is 0.0877. The van der Waals surface area contributed by atoms with Crippen molar-refractivity contribution in [1.82, 2.24) is 10.5 Å². The number of aliphatic hydroxyl groups is 1. The van der Waals surface area contributed by atoms with E-state index in [2.05, 4.69) is 15.0 Å². The number of hydrogen-bond acceptors (Lipinski definition) is 4. The van der Waals surface area contributed by atoms with Gasteiger partial charge in [0.2, 0.25) is 5.76 Å². The molecule has 5 nitrogen and oxygen atoms in total. The Morgan fingerprint density at radius 1 is 1.85 bits per heavy atom. The molecule has 1 unspecified atom stereocenters. The summed E-state index contributed by atoms with van der Waals surface area (Å²) in [6.45, 7) is 1.80. The molecule has 0 saturated carbocycles. The van der Waals surface area contributed by atoms with Gasteiger partial charge in [-0.25, -0.2) is 0 Å². The number of carbonyl (C=O) groups is 1. The normalized spacial score (nSPS) is 12.5. The number of nitrogens with one attached hydrogen (secondary N) is 1. The minimum Gasteiger partial charge on any atom is -0.394 e. The van der Waals surface area contributed by atoms with Gasteiger partial charge in [-0.05, 0) is 6.42 Å². The highest BCUT2D eigenvalue weighted by atomic mass is 16.5. The van der Waals surface area contributed by atoms with E-state index in [-0.39, 0.29) is 24.3 Å². The molecule has 1 heterocycles. The third-order valence-corrected chi connectivity index (χ3v) is 1.71. The summed E-state index contributed by atoms with van der Waals surface area (Å²) in [7, 11) is 0. The van der Waals surface area contributed by atoms with Crippen molar-refractivity contribution in [3.63, 3.8) is 0 Å². The average Bonchev–Trinajstić information content (AvgIpc) is 2.66. The van der Waals surface area contributed by atoms with Crippen LogP contribution < -0.4 is 5.32 Å². The molecular weight excluding hydrogens is 172 g/mol. The van der Waals surface area contributed by atoms with Crippen LogP contribution in [0.4, 0.5) is 0 Å². The fraction of sp³-hybridized carbons (Fsp3) is 0.500. The summed E-state index contributed by atoms with van der Waals surface area (Å²) in [4.78, 5) is 11.3. The molecule has 1 aromatic heterocycles. The van der Waals surface area contributed by atoms with E-state index >= 15 is 0 Å². The lowest BCUT2D eigenvalue weighted by Crippen LogP contribution is -2.36. The highest BCUT2D eigenvalue weighted by Crippen LogP contribution is 1.98. The van der Waals surface area contributed by atoms with E-state index in [1.165, 1.54) is 12.3 Å². The number of hydrogen-bond donors (Lipinski definition) is 2. The van der Waals surface area contributed by atoms with Crippen LogP contribution in [0.1, 0.15) is 23.9 Å². The predicted octanol–water partition coefficient (Wildman–Crippen LogP) is 0.175. The summed E-state index contributed by atoms with van der Waals surface area (Å²) in [6.07, 6.45) is 2.07. The van der Waals surface area contributed by atoms with Gasteiger partial charge in [0.15, 0.2) is 0 Å². The fourth-order valence-electron chi connectivity index (χ4n) is 0.866. The minimum absolute atomic E-state index is 0.0730. The summed E-state index contributed by atoms with van der Waals surface area (Å²) in [5, 5.41) is 14.8. The van der Waals surface area contributed by atoms with Gasteiger partial charge in [-0.15, -0.1) is 0 Å². The molecule has 0 aromatic carbocycles. The highest BCUT2D eigenvalue weighted by Gasteiger charge is 2.13. The van der Waals surface area contributed by atoms with Gasteiger partial charge in [-0.1, -0.05) is 12.1 Å². The molecule has 0 fully saturated rings. The van der Waals surface area contributed by atoms with Crippen LogP contribution in [0, 0.1) is 0 Å². The van der Waals surface area contributed by atoms with Gasteiger partial charge in [0, 0.05) is 6.07 Å². The van der Waals surface area contributed by atoms with Crippen molar-refractivity contribution < 1.29 is 14.4 Å². The van der Waals surface area contributed by atoms with Crippen molar-refractivity contribution in [3.8, 4) is 0 Å². The first-order valence-corrected chi connectivity index (χ1v) is 4.10. The molecular formula is C8H12N2O3. The summed E-state index contributed by atoms with van der Waals surface area (Å²) >= 11 is 0. The van der Waals surface area contributed by atoms with Crippen LogP contribution in [0.25, 0.3) is 0 Å². The second-order valence-electron chi connectivity index (χ2n) is 2.64. The maximum absolute atomic E-state index is 11.3. The number of rotatable bonds is 4. The van der Waals surface area contributed by atoms with Crippen molar-refractivity contribution in [1.29, 1.82) is 0 Å². The molecule has 0 aliphatic rings. The van der Waals surface area contributed by atoms with Gasteiger partial charge in [0.1, 0.15) is 0 Å². The quantitative estimate of drug-likeness (QED) is 0.699. The van der Waals surface area contributed by atoms with Crippen molar-refractivity contribution in [3.05, 3.63) is 18.0 Å². The van der Waals surface area contributed by atoms with Crippen LogP contribution in [0.5, 0.6) is 0 Å². The Morgan fingerprint density at radius 3 is 3.08 bits per heavy atom. The number of carbonyl (C=O) groups excluding carboxylic acids is 1. The second kappa shape index (κ2) is 4.61. The maximum atomic E-state index is 11.3.